The number of rotatable bonds is 7. The van der Waals surface area contributed by atoms with Gasteiger partial charge in [0.2, 0.25) is 5.91 Å². The van der Waals surface area contributed by atoms with Gasteiger partial charge in [-0.1, -0.05) is 30.3 Å². The number of urea groups is 1. The number of hydrogen-bond acceptors (Lipinski definition) is 8. The number of amides is 5. The number of nitrogens with zero attached hydrogens (tertiary/aromatic N) is 3. The molecule has 3 heterocycles. The smallest absolute Gasteiger partial charge is 0.410 e. The molecule has 13 nitrogen and oxygen atoms in total. The van der Waals surface area contributed by atoms with Gasteiger partial charge in [-0.2, -0.15) is 5.48 Å². The summed E-state index contributed by atoms with van der Waals surface area (Å²) in [6.07, 6.45) is 2.83. The molecule has 0 radical (unpaired) electrons. The van der Waals surface area contributed by atoms with Crippen LogP contribution in [0.3, 0.4) is 0 Å². The SMILES string of the molecule is CC(C)(C)OC(=O)N1CCC(NC(=O)[C@@H]2CC[C@@H](NOCc3ccccc3)CN2C(=O)NC2CCN(C(=O)OC(C)(C)C)CC2)CC1. The zero-order valence-electron chi connectivity index (χ0n) is 28.9. The molecular weight excluding hydrogens is 604 g/mol. The van der Waals surface area contributed by atoms with Gasteiger partial charge in [-0.25, -0.2) is 14.4 Å². The van der Waals surface area contributed by atoms with Gasteiger partial charge in [0.05, 0.1) is 6.61 Å². The monoisotopic (exact) mass is 658 g/mol. The third kappa shape index (κ3) is 11.6. The summed E-state index contributed by atoms with van der Waals surface area (Å²) >= 11 is 0. The highest BCUT2D eigenvalue weighted by Crippen LogP contribution is 2.22. The number of ether oxygens (including phenoxy) is 2. The molecule has 1 aromatic carbocycles. The zero-order valence-corrected chi connectivity index (χ0v) is 28.9. The lowest BCUT2D eigenvalue weighted by Crippen LogP contribution is -2.62. The molecule has 262 valence electrons. The van der Waals surface area contributed by atoms with Crippen LogP contribution in [0.25, 0.3) is 0 Å². The predicted molar refractivity (Wildman–Crippen MR) is 176 cm³/mol. The fourth-order valence-corrected chi connectivity index (χ4v) is 6.00. The molecule has 0 unspecified atom stereocenters. The summed E-state index contributed by atoms with van der Waals surface area (Å²) in [6.45, 7) is 13.6. The van der Waals surface area contributed by atoms with Crippen molar-refractivity contribution in [2.24, 2.45) is 0 Å². The van der Waals surface area contributed by atoms with E-state index in [9.17, 15) is 19.2 Å². The van der Waals surface area contributed by atoms with Crippen LogP contribution in [0, 0.1) is 0 Å². The van der Waals surface area contributed by atoms with Gasteiger partial charge in [0.25, 0.3) is 0 Å². The fraction of sp³-hybridized carbons (Fsp3) is 0.706. The molecule has 0 bridgehead atoms. The van der Waals surface area contributed by atoms with Crippen LogP contribution < -0.4 is 16.1 Å². The summed E-state index contributed by atoms with van der Waals surface area (Å²) in [5.41, 5.74) is 2.99. The minimum absolute atomic E-state index is 0.103. The second-order valence-electron chi connectivity index (χ2n) is 14.8. The number of nitrogens with one attached hydrogen (secondary N) is 3. The van der Waals surface area contributed by atoms with Crippen molar-refractivity contribution >= 4 is 24.1 Å². The highest BCUT2D eigenvalue weighted by atomic mass is 16.6. The summed E-state index contributed by atoms with van der Waals surface area (Å²) in [7, 11) is 0. The molecule has 4 rings (SSSR count). The first-order valence-corrected chi connectivity index (χ1v) is 16.9. The van der Waals surface area contributed by atoms with E-state index in [1.54, 1.807) is 14.7 Å². The molecule has 5 amide bonds. The van der Waals surface area contributed by atoms with Crippen LogP contribution in [0.1, 0.15) is 85.6 Å². The minimum atomic E-state index is -0.645. The lowest BCUT2D eigenvalue weighted by molar-refractivity contribution is -0.128. The first-order chi connectivity index (χ1) is 22.2. The van der Waals surface area contributed by atoms with E-state index in [0.29, 0.717) is 77.9 Å². The Morgan fingerprint density at radius 1 is 0.702 bits per heavy atom. The van der Waals surface area contributed by atoms with Gasteiger partial charge >= 0.3 is 18.2 Å². The van der Waals surface area contributed by atoms with E-state index in [1.807, 2.05) is 71.9 Å². The van der Waals surface area contributed by atoms with Gasteiger partial charge in [0.15, 0.2) is 0 Å². The minimum Gasteiger partial charge on any atom is -0.444 e. The Hall–Kier alpha value is -3.58. The number of likely N-dealkylation sites (tertiary alicyclic amines) is 3. The molecule has 47 heavy (non-hydrogen) atoms. The lowest BCUT2D eigenvalue weighted by Gasteiger charge is -2.41. The van der Waals surface area contributed by atoms with Crippen LogP contribution in [-0.4, -0.2) is 107 Å². The summed E-state index contributed by atoms with van der Waals surface area (Å²) in [6, 6.07) is 8.47. The molecule has 0 spiro atoms. The summed E-state index contributed by atoms with van der Waals surface area (Å²) in [5.74, 6) is -0.195. The number of benzene rings is 1. The topological polar surface area (TPSA) is 142 Å². The van der Waals surface area contributed by atoms with E-state index < -0.39 is 17.2 Å². The number of carbonyl (C=O) groups excluding carboxylic acids is 4. The predicted octanol–water partition coefficient (Wildman–Crippen LogP) is 4.17. The van der Waals surface area contributed by atoms with Gasteiger partial charge in [-0.3, -0.25) is 9.63 Å². The van der Waals surface area contributed by atoms with Crippen molar-refractivity contribution in [3.63, 3.8) is 0 Å². The number of hydroxylamine groups is 1. The Kier molecular flexibility index (Phi) is 12.4. The Morgan fingerprint density at radius 3 is 1.72 bits per heavy atom. The molecule has 3 aliphatic rings. The number of carbonyl (C=O) groups is 4. The van der Waals surface area contributed by atoms with E-state index in [0.717, 1.165) is 5.56 Å². The van der Waals surface area contributed by atoms with Crippen LogP contribution in [0.2, 0.25) is 0 Å². The van der Waals surface area contributed by atoms with Crippen LogP contribution in [0.15, 0.2) is 30.3 Å². The molecule has 3 fully saturated rings. The van der Waals surface area contributed by atoms with Crippen molar-refractivity contribution in [1.29, 1.82) is 0 Å². The Bertz CT molecular complexity index is 1200. The highest BCUT2D eigenvalue weighted by Gasteiger charge is 2.39. The third-order valence-electron chi connectivity index (χ3n) is 8.44. The van der Waals surface area contributed by atoms with Crippen molar-refractivity contribution in [3.8, 4) is 0 Å². The molecule has 0 aliphatic carbocycles. The Labute approximate surface area is 279 Å². The molecule has 3 aliphatic heterocycles. The lowest BCUT2D eigenvalue weighted by atomic mass is 9.97. The fourth-order valence-electron chi connectivity index (χ4n) is 6.00. The van der Waals surface area contributed by atoms with Crippen molar-refractivity contribution in [2.45, 2.75) is 122 Å². The standard InChI is InChI=1S/C34H54N6O7/c1-33(2,3)46-31(43)38-18-14-25(15-19-38)35-29(41)28-13-12-27(37-45-23-24-10-8-7-9-11-24)22-40(28)30(42)36-26-16-20-39(21-17-26)32(44)47-34(4,5)6/h7-11,25-28,37H,12-23H2,1-6H3,(H,35,41)(H,36,42)/t27-,28+/m1/s1. The Morgan fingerprint density at radius 2 is 1.21 bits per heavy atom. The first-order valence-electron chi connectivity index (χ1n) is 16.9. The van der Waals surface area contributed by atoms with Crippen LogP contribution >= 0.6 is 0 Å². The maximum Gasteiger partial charge on any atom is 0.410 e. The van der Waals surface area contributed by atoms with Crippen molar-refractivity contribution in [1.82, 2.24) is 30.8 Å². The first kappa shape index (κ1) is 36.3. The average Bonchev–Trinajstić information content (AvgIpc) is 3.00. The third-order valence-corrected chi connectivity index (χ3v) is 8.44. The molecule has 0 aromatic heterocycles. The van der Waals surface area contributed by atoms with Gasteiger partial charge in [-0.15, -0.1) is 0 Å². The van der Waals surface area contributed by atoms with E-state index in [-0.39, 0.29) is 42.3 Å². The molecule has 1 aromatic rings. The van der Waals surface area contributed by atoms with E-state index >= 15 is 0 Å². The van der Waals surface area contributed by atoms with Crippen molar-refractivity contribution in [2.75, 3.05) is 32.7 Å². The molecule has 2 atom stereocenters. The second-order valence-corrected chi connectivity index (χ2v) is 14.8. The average molecular weight is 659 g/mol. The summed E-state index contributed by atoms with van der Waals surface area (Å²) < 4.78 is 11.0. The molecule has 13 heteroatoms. The molecule has 3 N–H and O–H groups in total. The quantitative estimate of drug-likeness (QED) is 0.371. The molecule has 0 saturated carbocycles. The number of hydrogen-bond donors (Lipinski definition) is 3. The molecular formula is C34H54N6O7. The maximum absolute atomic E-state index is 13.8. The van der Waals surface area contributed by atoms with Crippen LogP contribution in [-0.2, 0) is 25.7 Å². The largest absolute Gasteiger partial charge is 0.444 e. The maximum atomic E-state index is 13.8. The van der Waals surface area contributed by atoms with Crippen LogP contribution in [0.5, 0.6) is 0 Å². The summed E-state index contributed by atoms with van der Waals surface area (Å²) in [4.78, 5) is 63.2. The van der Waals surface area contributed by atoms with Crippen molar-refractivity contribution in [3.05, 3.63) is 35.9 Å². The van der Waals surface area contributed by atoms with E-state index in [2.05, 4.69) is 16.1 Å². The molecule has 3 saturated heterocycles. The van der Waals surface area contributed by atoms with Gasteiger partial charge in [-0.05, 0) is 85.6 Å². The highest BCUT2D eigenvalue weighted by molar-refractivity contribution is 5.87. The second kappa shape index (κ2) is 16.0. The van der Waals surface area contributed by atoms with E-state index in [4.69, 9.17) is 14.3 Å². The Balaban J connectivity index is 1.33. The van der Waals surface area contributed by atoms with Gasteiger partial charge < -0.3 is 34.8 Å². The van der Waals surface area contributed by atoms with Gasteiger partial charge in [0, 0.05) is 50.8 Å². The van der Waals surface area contributed by atoms with Crippen LogP contribution in [0.4, 0.5) is 14.4 Å². The normalized spacial score (nSPS) is 21.6. The number of piperidine rings is 3. The van der Waals surface area contributed by atoms with E-state index in [1.165, 1.54) is 0 Å². The van der Waals surface area contributed by atoms with Crippen molar-refractivity contribution < 1.29 is 33.5 Å². The summed E-state index contributed by atoms with van der Waals surface area (Å²) in [5, 5.41) is 6.28. The van der Waals surface area contributed by atoms with Gasteiger partial charge in [0.1, 0.15) is 17.2 Å². The zero-order chi connectivity index (χ0) is 34.2.